The lowest BCUT2D eigenvalue weighted by Crippen LogP contribution is -2.30. The van der Waals surface area contributed by atoms with Crippen LogP contribution in [0.2, 0.25) is 0 Å². The van der Waals surface area contributed by atoms with Crippen LogP contribution in [-0.4, -0.2) is 13.1 Å². The van der Waals surface area contributed by atoms with Gasteiger partial charge in [0.15, 0.2) is 0 Å². The van der Waals surface area contributed by atoms with Gasteiger partial charge in [0.05, 0.1) is 11.4 Å². The van der Waals surface area contributed by atoms with Crippen LogP contribution in [0.15, 0.2) is 60.7 Å². The summed E-state index contributed by atoms with van der Waals surface area (Å²) >= 11 is 0. The lowest BCUT2D eigenvalue weighted by molar-refractivity contribution is 0.250. The highest BCUT2D eigenvalue weighted by atomic mass is 16.2. The Bertz CT molecular complexity index is 443. The smallest absolute Gasteiger partial charge is 0.262 e. The molecule has 3 heteroatoms. The van der Waals surface area contributed by atoms with Crippen molar-refractivity contribution >= 4 is 17.4 Å². The van der Waals surface area contributed by atoms with Gasteiger partial charge in [0.2, 0.25) is 0 Å². The monoisotopic (exact) mass is 225 g/mol. The lowest BCUT2D eigenvalue weighted by Gasteiger charge is -2.21. The molecule has 2 rings (SSSR count). The molecule has 0 aliphatic carbocycles. The second-order valence-corrected chi connectivity index (χ2v) is 3.51. The van der Waals surface area contributed by atoms with E-state index in [4.69, 9.17) is 0 Å². The van der Waals surface area contributed by atoms with Gasteiger partial charge in [-0.15, -0.1) is 0 Å². The lowest BCUT2D eigenvalue weighted by atomic mass is 10.2. The second kappa shape index (κ2) is 5.16. The Hall–Kier alpha value is -2.29. The Balaban J connectivity index is 2.43. The van der Waals surface area contributed by atoms with Crippen molar-refractivity contribution in [3.8, 4) is 0 Å². The molecule has 0 spiro atoms. The number of carbonyl (C=O) groups is 1. The van der Waals surface area contributed by atoms with Crippen molar-refractivity contribution in [2.45, 2.75) is 0 Å². The Morgan fingerprint density at radius 2 is 1.29 bits per heavy atom. The Morgan fingerprint density at radius 1 is 0.882 bits per heavy atom. The molecule has 0 aliphatic rings. The van der Waals surface area contributed by atoms with Crippen LogP contribution < -0.4 is 10.2 Å². The van der Waals surface area contributed by atoms with Crippen LogP contribution in [0.3, 0.4) is 0 Å². The summed E-state index contributed by atoms with van der Waals surface area (Å²) in [6.07, 6.45) is 0. The third-order valence-corrected chi connectivity index (χ3v) is 2.41. The van der Waals surface area contributed by atoms with Crippen LogP contribution in [0.5, 0.6) is 0 Å². The average Bonchev–Trinajstić information content (AvgIpc) is 2.41. The first-order valence-electron chi connectivity index (χ1n) is 5.37. The normalized spacial score (nSPS) is 9.71. The molecule has 0 bridgehead atoms. The first kappa shape index (κ1) is 11.2. The standard InChI is InChI=1S/C14H13N2O/c1-15-14(17)16(12-8-4-2-5-9-12)13-10-6-3-7-11-13/h2-11H,1H3. The summed E-state index contributed by atoms with van der Waals surface area (Å²) < 4.78 is 0. The zero-order valence-corrected chi connectivity index (χ0v) is 9.58. The maximum absolute atomic E-state index is 11.9. The average molecular weight is 225 g/mol. The molecule has 0 saturated carbocycles. The molecule has 0 atom stereocenters. The second-order valence-electron chi connectivity index (χ2n) is 3.51. The van der Waals surface area contributed by atoms with E-state index in [0.29, 0.717) is 0 Å². The van der Waals surface area contributed by atoms with Gasteiger partial charge in [0.1, 0.15) is 0 Å². The largest absolute Gasteiger partial charge is 0.347 e. The summed E-state index contributed by atoms with van der Waals surface area (Å²) in [6.45, 7) is 0. The maximum atomic E-state index is 11.9. The molecule has 0 aromatic heterocycles. The number of amides is 2. The summed E-state index contributed by atoms with van der Waals surface area (Å²) in [4.78, 5) is 13.5. The van der Waals surface area contributed by atoms with Crippen LogP contribution in [-0.2, 0) is 0 Å². The fourth-order valence-corrected chi connectivity index (χ4v) is 1.62. The van der Waals surface area contributed by atoms with Crippen LogP contribution in [0.1, 0.15) is 0 Å². The summed E-state index contributed by atoms with van der Waals surface area (Å²) in [5.74, 6) is 0. The molecule has 17 heavy (non-hydrogen) atoms. The minimum atomic E-state index is -0.276. The quantitative estimate of drug-likeness (QED) is 0.773. The number of para-hydroxylation sites is 2. The van der Waals surface area contributed by atoms with E-state index in [-0.39, 0.29) is 6.03 Å². The molecule has 0 aliphatic heterocycles. The Morgan fingerprint density at radius 3 is 1.65 bits per heavy atom. The van der Waals surface area contributed by atoms with Crippen molar-refractivity contribution in [2.24, 2.45) is 0 Å². The van der Waals surface area contributed by atoms with E-state index in [0.717, 1.165) is 11.4 Å². The minimum absolute atomic E-state index is 0.276. The molecule has 3 nitrogen and oxygen atoms in total. The van der Waals surface area contributed by atoms with Crippen molar-refractivity contribution in [1.29, 1.82) is 0 Å². The van der Waals surface area contributed by atoms with Gasteiger partial charge in [-0.1, -0.05) is 36.4 Å². The summed E-state index contributed by atoms with van der Waals surface area (Å²) in [5.41, 5.74) is 1.63. The first-order valence-corrected chi connectivity index (χ1v) is 5.37. The number of rotatable bonds is 2. The van der Waals surface area contributed by atoms with Gasteiger partial charge in [0, 0.05) is 7.05 Å². The van der Waals surface area contributed by atoms with E-state index in [1.165, 1.54) is 7.05 Å². The van der Waals surface area contributed by atoms with Crippen LogP contribution in [0.4, 0.5) is 16.2 Å². The molecule has 0 unspecified atom stereocenters. The van der Waals surface area contributed by atoms with E-state index in [2.05, 4.69) is 5.32 Å². The molecular weight excluding hydrogens is 212 g/mol. The van der Waals surface area contributed by atoms with Gasteiger partial charge in [0.25, 0.3) is 0 Å². The summed E-state index contributed by atoms with van der Waals surface area (Å²) in [7, 11) is 1.50. The van der Waals surface area contributed by atoms with Gasteiger partial charge in [-0.05, 0) is 24.3 Å². The minimum Gasteiger partial charge on any atom is -0.262 e. The molecular formula is C14H13N2O. The van der Waals surface area contributed by atoms with Gasteiger partial charge in [-0.25, -0.2) is 10.1 Å². The Kier molecular flexibility index (Phi) is 3.40. The number of benzene rings is 2. The summed E-state index contributed by atoms with van der Waals surface area (Å²) in [5, 5.41) is 3.73. The summed E-state index contributed by atoms with van der Waals surface area (Å²) in [6, 6.07) is 18.7. The molecule has 2 amide bonds. The molecule has 0 saturated heterocycles. The molecule has 2 aromatic rings. The van der Waals surface area contributed by atoms with E-state index >= 15 is 0 Å². The van der Waals surface area contributed by atoms with Gasteiger partial charge < -0.3 is 0 Å². The zero-order chi connectivity index (χ0) is 12.1. The molecule has 85 valence electrons. The third-order valence-electron chi connectivity index (χ3n) is 2.41. The number of urea groups is 1. The van der Waals surface area contributed by atoms with Gasteiger partial charge in [-0.2, -0.15) is 0 Å². The van der Waals surface area contributed by atoms with Crippen molar-refractivity contribution in [3.05, 3.63) is 60.7 Å². The van der Waals surface area contributed by atoms with Crippen LogP contribution >= 0.6 is 0 Å². The van der Waals surface area contributed by atoms with Crippen molar-refractivity contribution < 1.29 is 4.79 Å². The predicted octanol–water partition coefficient (Wildman–Crippen LogP) is 3.18. The highest BCUT2D eigenvalue weighted by Crippen LogP contribution is 2.24. The molecule has 0 N–H and O–H groups in total. The first-order chi connectivity index (χ1) is 8.33. The topological polar surface area (TPSA) is 34.4 Å². The highest BCUT2D eigenvalue weighted by molar-refractivity contribution is 5.98. The number of hydrogen-bond acceptors (Lipinski definition) is 1. The SMILES string of the molecule is C[N]C(=O)N(c1ccccc1)c1ccccc1. The van der Waals surface area contributed by atoms with Crippen molar-refractivity contribution in [3.63, 3.8) is 0 Å². The highest BCUT2D eigenvalue weighted by Gasteiger charge is 2.16. The van der Waals surface area contributed by atoms with E-state index in [9.17, 15) is 4.79 Å². The maximum Gasteiger partial charge on any atom is 0.347 e. The zero-order valence-electron chi connectivity index (χ0n) is 9.58. The fourth-order valence-electron chi connectivity index (χ4n) is 1.62. The van der Waals surface area contributed by atoms with Crippen LogP contribution in [0, 0.1) is 0 Å². The number of anilines is 2. The van der Waals surface area contributed by atoms with Gasteiger partial charge >= 0.3 is 6.03 Å². The molecule has 0 fully saturated rings. The fraction of sp³-hybridized carbons (Fsp3) is 0.0714. The molecule has 1 radical (unpaired) electrons. The number of carbonyl (C=O) groups excluding carboxylic acids is 1. The van der Waals surface area contributed by atoms with E-state index in [1.807, 2.05) is 60.7 Å². The number of hydrogen-bond donors (Lipinski definition) is 0. The van der Waals surface area contributed by atoms with Gasteiger partial charge in [-0.3, -0.25) is 4.90 Å². The molecule has 0 heterocycles. The van der Waals surface area contributed by atoms with E-state index in [1.54, 1.807) is 4.90 Å². The molecule has 2 aromatic carbocycles. The predicted molar refractivity (Wildman–Crippen MR) is 68.5 cm³/mol. The Labute approximate surface area is 101 Å². The van der Waals surface area contributed by atoms with E-state index < -0.39 is 0 Å². The third kappa shape index (κ3) is 2.45. The van der Waals surface area contributed by atoms with Crippen molar-refractivity contribution in [1.82, 2.24) is 5.32 Å². The van der Waals surface area contributed by atoms with Crippen LogP contribution in [0.25, 0.3) is 0 Å². The van der Waals surface area contributed by atoms with Crippen molar-refractivity contribution in [2.75, 3.05) is 11.9 Å². The number of nitrogens with zero attached hydrogens (tertiary/aromatic N) is 2.